The van der Waals surface area contributed by atoms with Crippen molar-refractivity contribution in [3.05, 3.63) is 64.0 Å². The van der Waals surface area contributed by atoms with Crippen LogP contribution in [0.25, 0.3) is 15.7 Å². The molecule has 1 aliphatic heterocycles. The summed E-state index contributed by atoms with van der Waals surface area (Å²) < 4.78 is 4.28. The molecule has 5 rings (SSSR count). The minimum atomic E-state index is -0.177. The molecular formula is C23H24N6OS. The molecule has 0 N–H and O–H groups in total. The Labute approximate surface area is 184 Å². The highest BCUT2D eigenvalue weighted by Gasteiger charge is 2.18. The van der Waals surface area contributed by atoms with Crippen LogP contribution < -0.4 is 10.6 Å². The van der Waals surface area contributed by atoms with E-state index in [0.29, 0.717) is 17.8 Å². The number of nitrogens with zero attached hydrogens (tertiary/aromatic N) is 6. The van der Waals surface area contributed by atoms with E-state index in [0.717, 1.165) is 45.6 Å². The van der Waals surface area contributed by atoms with Gasteiger partial charge in [-0.3, -0.25) is 4.90 Å². The molecule has 0 saturated carbocycles. The van der Waals surface area contributed by atoms with Crippen molar-refractivity contribution in [2.75, 3.05) is 37.6 Å². The van der Waals surface area contributed by atoms with Crippen LogP contribution in [0, 0.1) is 11.3 Å². The Kier molecular flexibility index (Phi) is 5.45. The third kappa shape index (κ3) is 3.82. The molecule has 0 spiro atoms. The van der Waals surface area contributed by atoms with Crippen molar-refractivity contribution in [3.63, 3.8) is 0 Å². The monoisotopic (exact) mass is 432 g/mol. The van der Waals surface area contributed by atoms with Gasteiger partial charge in [0.2, 0.25) is 0 Å². The van der Waals surface area contributed by atoms with E-state index in [1.54, 1.807) is 29.7 Å². The van der Waals surface area contributed by atoms with Gasteiger partial charge in [0.15, 0.2) is 5.65 Å². The molecule has 1 aliphatic rings. The predicted molar refractivity (Wildman–Crippen MR) is 124 cm³/mol. The van der Waals surface area contributed by atoms with Crippen LogP contribution in [0.2, 0.25) is 0 Å². The van der Waals surface area contributed by atoms with Gasteiger partial charge in [-0.2, -0.15) is 5.26 Å². The van der Waals surface area contributed by atoms with Crippen LogP contribution in [0.1, 0.15) is 18.4 Å². The minimum Gasteiger partial charge on any atom is -0.368 e. The number of piperazine rings is 1. The van der Waals surface area contributed by atoms with Gasteiger partial charge in [0.25, 0.3) is 0 Å². The van der Waals surface area contributed by atoms with Crippen LogP contribution >= 0.6 is 11.3 Å². The summed E-state index contributed by atoms with van der Waals surface area (Å²) in [6.07, 6.45) is 3.57. The van der Waals surface area contributed by atoms with Gasteiger partial charge in [-0.05, 0) is 55.1 Å². The average Bonchev–Trinajstić information content (AvgIpc) is 3.42. The van der Waals surface area contributed by atoms with Crippen LogP contribution in [-0.2, 0) is 6.54 Å². The lowest BCUT2D eigenvalue weighted by molar-refractivity contribution is 0.251. The molecule has 158 valence electrons. The summed E-state index contributed by atoms with van der Waals surface area (Å²) in [4.78, 5) is 17.5. The van der Waals surface area contributed by atoms with Gasteiger partial charge in [-0.15, -0.1) is 16.4 Å². The molecule has 7 nitrogen and oxygen atoms in total. The van der Waals surface area contributed by atoms with Crippen molar-refractivity contribution in [2.24, 2.45) is 0 Å². The Morgan fingerprint density at radius 3 is 2.71 bits per heavy atom. The number of nitriles is 1. The van der Waals surface area contributed by atoms with Crippen molar-refractivity contribution in [1.29, 1.82) is 5.26 Å². The second kappa shape index (κ2) is 8.53. The zero-order chi connectivity index (χ0) is 21.2. The first-order chi connectivity index (χ1) is 15.2. The summed E-state index contributed by atoms with van der Waals surface area (Å²) >= 11 is 1.80. The quantitative estimate of drug-likeness (QED) is 0.438. The van der Waals surface area contributed by atoms with Crippen molar-refractivity contribution in [1.82, 2.24) is 19.1 Å². The number of pyridine rings is 1. The Morgan fingerprint density at radius 2 is 1.87 bits per heavy atom. The molecular weight excluding hydrogens is 408 g/mol. The Balaban J connectivity index is 1.13. The van der Waals surface area contributed by atoms with Crippen LogP contribution in [0.15, 0.2) is 52.8 Å². The second-order valence-corrected chi connectivity index (χ2v) is 8.83. The predicted octanol–water partition coefficient (Wildman–Crippen LogP) is 3.18. The highest BCUT2D eigenvalue weighted by molar-refractivity contribution is 7.17. The lowest BCUT2D eigenvalue weighted by Gasteiger charge is -2.36. The van der Waals surface area contributed by atoms with E-state index in [4.69, 9.17) is 0 Å². The van der Waals surface area contributed by atoms with Gasteiger partial charge in [0, 0.05) is 54.7 Å². The number of hydrogen-bond acceptors (Lipinski definition) is 6. The summed E-state index contributed by atoms with van der Waals surface area (Å²) in [6.45, 7) is 5.80. The molecule has 1 saturated heterocycles. The molecule has 8 heteroatoms. The molecule has 1 aromatic carbocycles. The van der Waals surface area contributed by atoms with Gasteiger partial charge < -0.3 is 4.90 Å². The fraction of sp³-hybridized carbons (Fsp3) is 0.348. The number of aromatic nitrogens is 3. The van der Waals surface area contributed by atoms with Crippen molar-refractivity contribution in [2.45, 2.75) is 19.4 Å². The van der Waals surface area contributed by atoms with E-state index in [-0.39, 0.29) is 5.69 Å². The molecule has 0 atom stereocenters. The first kappa shape index (κ1) is 19.8. The molecule has 0 amide bonds. The summed E-state index contributed by atoms with van der Waals surface area (Å²) in [6, 6.07) is 14.3. The molecule has 4 aromatic rings. The fourth-order valence-electron chi connectivity index (χ4n) is 4.33. The number of benzene rings is 1. The first-order valence-electron chi connectivity index (χ1n) is 10.7. The number of unbranched alkanes of at least 4 members (excludes halogenated alkanes) is 1. The van der Waals surface area contributed by atoms with E-state index >= 15 is 0 Å². The third-order valence-corrected chi connectivity index (χ3v) is 6.89. The Bertz CT molecular complexity index is 1310. The van der Waals surface area contributed by atoms with Gasteiger partial charge in [-0.1, -0.05) is 6.07 Å². The van der Waals surface area contributed by atoms with E-state index in [1.165, 1.54) is 24.9 Å². The number of thiophene rings is 1. The molecule has 4 heterocycles. The van der Waals surface area contributed by atoms with Crippen molar-refractivity contribution >= 4 is 32.8 Å². The van der Waals surface area contributed by atoms with Crippen molar-refractivity contribution < 1.29 is 0 Å². The van der Waals surface area contributed by atoms with Crippen LogP contribution in [0.5, 0.6) is 0 Å². The van der Waals surface area contributed by atoms with Crippen molar-refractivity contribution in [3.8, 4) is 6.07 Å². The first-order valence-corrected chi connectivity index (χ1v) is 11.5. The van der Waals surface area contributed by atoms with Gasteiger partial charge in [-0.25, -0.2) is 13.9 Å². The molecule has 0 radical (unpaired) electrons. The second-order valence-electron chi connectivity index (χ2n) is 7.88. The summed E-state index contributed by atoms with van der Waals surface area (Å²) in [7, 11) is 0. The molecule has 1 fully saturated rings. The van der Waals surface area contributed by atoms with Gasteiger partial charge >= 0.3 is 5.69 Å². The highest BCUT2D eigenvalue weighted by Crippen LogP contribution is 2.31. The maximum absolute atomic E-state index is 12.5. The summed E-state index contributed by atoms with van der Waals surface area (Å²) in [5.74, 6) is 0. The third-order valence-electron chi connectivity index (χ3n) is 6.01. The van der Waals surface area contributed by atoms with E-state index in [2.05, 4.69) is 50.6 Å². The topological polar surface area (TPSA) is 69.6 Å². The van der Waals surface area contributed by atoms with Gasteiger partial charge in [0.1, 0.15) is 6.07 Å². The average molecular weight is 433 g/mol. The number of hydrogen-bond donors (Lipinski definition) is 0. The smallest absolute Gasteiger partial charge is 0.350 e. The van der Waals surface area contributed by atoms with Crippen LogP contribution in [0.3, 0.4) is 0 Å². The zero-order valence-electron chi connectivity index (χ0n) is 17.3. The fourth-order valence-corrected chi connectivity index (χ4v) is 5.14. The normalized spacial score (nSPS) is 15.0. The molecule has 3 aromatic heterocycles. The lowest BCUT2D eigenvalue weighted by Crippen LogP contribution is -2.46. The maximum Gasteiger partial charge on any atom is 0.350 e. The molecule has 0 unspecified atom stereocenters. The lowest BCUT2D eigenvalue weighted by atomic mass is 10.2. The largest absolute Gasteiger partial charge is 0.368 e. The number of aryl methyl sites for hydroxylation is 1. The Hall–Kier alpha value is -3.15. The number of rotatable bonds is 6. The van der Waals surface area contributed by atoms with E-state index in [9.17, 15) is 10.1 Å². The standard InChI is InChI=1S/C23H24N6OS/c24-17-18-5-4-10-28-22(18)25-29(23(28)30)11-2-1-9-26-12-14-27(15-13-26)20-6-3-7-21-19(20)8-16-31-21/h3-8,10,16H,1-2,9,11-15H2. The molecule has 0 aliphatic carbocycles. The minimum absolute atomic E-state index is 0.177. The Morgan fingerprint density at radius 1 is 1.03 bits per heavy atom. The molecule has 31 heavy (non-hydrogen) atoms. The van der Waals surface area contributed by atoms with E-state index in [1.807, 2.05) is 0 Å². The van der Waals surface area contributed by atoms with Crippen LogP contribution in [0.4, 0.5) is 5.69 Å². The summed E-state index contributed by atoms with van der Waals surface area (Å²) in [5.41, 5.74) is 2.03. The summed E-state index contributed by atoms with van der Waals surface area (Å²) in [5, 5.41) is 17.1. The van der Waals surface area contributed by atoms with E-state index < -0.39 is 0 Å². The van der Waals surface area contributed by atoms with Crippen LogP contribution in [-0.4, -0.2) is 51.8 Å². The number of anilines is 1. The highest BCUT2D eigenvalue weighted by atomic mass is 32.1. The SMILES string of the molecule is N#Cc1cccn2c(=O)n(CCCCN3CCN(c4cccc5sccc45)CC3)nc12. The maximum atomic E-state index is 12.5. The molecule has 0 bridgehead atoms. The van der Waals surface area contributed by atoms with Gasteiger partial charge in [0.05, 0.1) is 5.56 Å². The number of fused-ring (bicyclic) bond motifs is 2. The zero-order valence-corrected chi connectivity index (χ0v) is 18.1.